The Morgan fingerprint density at radius 1 is 1.12 bits per heavy atom. The zero-order chi connectivity index (χ0) is 30.8. The van der Waals surface area contributed by atoms with E-state index in [4.69, 9.17) is 27.9 Å². The van der Waals surface area contributed by atoms with Crippen LogP contribution in [0.5, 0.6) is 5.75 Å². The van der Waals surface area contributed by atoms with Crippen LogP contribution in [0.2, 0.25) is 10.0 Å². The highest BCUT2D eigenvalue weighted by Gasteiger charge is 2.43. The van der Waals surface area contributed by atoms with Crippen LogP contribution in [0.3, 0.4) is 0 Å². The number of alkyl halides is 5. The van der Waals surface area contributed by atoms with Gasteiger partial charge < -0.3 is 29.9 Å². The molecule has 230 valence electrons. The van der Waals surface area contributed by atoms with Crippen molar-refractivity contribution in [2.45, 2.75) is 43.6 Å². The maximum absolute atomic E-state index is 13.2. The van der Waals surface area contributed by atoms with Crippen LogP contribution in [0.4, 0.5) is 33.3 Å². The summed E-state index contributed by atoms with van der Waals surface area (Å²) in [6, 6.07) is 8.28. The average Bonchev–Trinajstić information content (AvgIpc) is 3.30. The SMILES string of the molecule is CN(C(=O)C(F)(F)F)c1cc(Cl)c(OCC(F)F)cc1N1CC(O)C(NC2CCN(C(=O)c3ccc(Cl)cc3)CC2)C1. The number of likely N-dealkylation sites (tertiary alicyclic amines) is 1. The normalized spacial score (nSPS) is 19.9. The van der Waals surface area contributed by atoms with Crippen LogP contribution in [-0.2, 0) is 4.79 Å². The van der Waals surface area contributed by atoms with Gasteiger partial charge in [-0.2, -0.15) is 13.2 Å². The highest BCUT2D eigenvalue weighted by atomic mass is 35.5. The third-order valence-corrected chi connectivity index (χ3v) is 7.80. The van der Waals surface area contributed by atoms with Crippen molar-refractivity contribution in [3.63, 3.8) is 0 Å². The lowest BCUT2D eigenvalue weighted by Gasteiger charge is -2.34. The zero-order valence-electron chi connectivity index (χ0n) is 22.4. The molecule has 2 fully saturated rings. The third kappa shape index (κ3) is 7.55. The molecule has 0 radical (unpaired) electrons. The summed E-state index contributed by atoms with van der Waals surface area (Å²) in [6.45, 7) is 0.0524. The summed E-state index contributed by atoms with van der Waals surface area (Å²) in [4.78, 5) is 28.5. The van der Waals surface area contributed by atoms with E-state index in [1.54, 1.807) is 34.1 Å². The van der Waals surface area contributed by atoms with E-state index in [-0.39, 0.29) is 47.2 Å². The summed E-state index contributed by atoms with van der Waals surface area (Å²) in [5, 5.41) is 14.5. The van der Waals surface area contributed by atoms with Crippen molar-refractivity contribution < 1.29 is 41.4 Å². The molecule has 2 aliphatic heterocycles. The van der Waals surface area contributed by atoms with Gasteiger partial charge in [-0.3, -0.25) is 9.59 Å². The Morgan fingerprint density at radius 2 is 1.76 bits per heavy atom. The van der Waals surface area contributed by atoms with Gasteiger partial charge in [0, 0.05) is 55.9 Å². The van der Waals surface area contributed by atoms with E-state index in [1.165, 1.54) is 6.07 Å². The first kappa shape index (κ1) is 32.1. The molecule has 8 nitrogen and oxygen atoms in total. The van der Waals surface area contributed by atoms with Gasteiger partial charge in [0.05, 0.1) is 28.5 Å². The second-order valence-corrected chi connectivity index (χ2v) is 11.0. The number of rotatable bonds is 8. The third-order valence-electron chi connectivity index (χ3n) is 7.26. The molecule has 0 aromatic heterocycles. The molecule has 0 aliphatic carbocycles. The Hall–Kier alpha value is -2.87. The van der Waals surface area contributed by atoms with Crippen LogP contribution < -0.4 is 19.9 Å². The molecule has 2 aliphatic rings. The summed E-state index contributed by atoms with van der Waals surface area (Å²) in [6.07, 6.45) is -7.75. The molecule has 15 heteroatoms. The number of β-amino-alcohol motifs (C(OH)–C–C–N with tert-alkyl or cyclic N) is 1. The molecule has 4 rings (SSSR count). The fourth-order valence-electron chi connectivity index (χ4n) is 5.09. The second kappa shape index (κ2) is 13.2. The van der Waals surface area contributed by atoms with Crippen LogP contribution in [0.15, 0.2) is 36.4 Å². The Balaban J connectivity index is 1.46. The molecular formula is C27H29Cl2F5N4O4. The molecule has 0 spiro atoms. The van der Waals surface area contributed by atoms with Crippen LogP contribution in [0.25, 0.3) is 0 Å². The number of aliphatic hydroxyl groups is 1. The number of halogens is 7. The number of hydrogen-bond donors (Lipinski definition) is 2. The second-order valence-electron chi connectivity index (χ2n) is 10.2. The minimum atomic E-state index is -5.18. The molecule has 2 saturated heterocycles. The molecule has 2 amide bonds. The minimum absolute atomic E-state index is 0.0253. The molecule has 0 saturated carbocycles. The van der Waals surface area contributed by atoms with Gasteiger partial charge in [0.1, 0.15) is 12.4 Å². The number of nitrogens with zero attached hydrogens (tertiary/aromatic N) is 3. The van der Waals surface area contributed by atoms with Gasteiger partial charge in [0.2, 0.25) is 0 Å². The molecule has 0 bridgehead atoms. The average molecular weight is 639 g/mol. The summed E-state index contributed by atoms with van der Waals surface area (Å²) >= 11 is 12.0. The van der Waals surface area contributed by atoms with Crippen molar-refractivity contribution in [2.24, 2.45) is 0 Å². The Bertz CT molecular complexity index is 1280. The van der Waals surface area contributed by atoms with Gasteiger partial charge >= 0.3 is 12.1 Å². The Kier molecular flexibility index (Phi) is 10.1. The van der Waals surface area contributed by atoms with Crippen molar-refractivity contribution in [1.29, 1.82) is 0 Å². The number of benzene rings is 2. The van der Waals surface area contributed by atoms with Gasteiger partial charge in [-0.05, 0) is 43.2 Å². The molecule has 2 atom stereocenters. The number of piperidine rings is 1. The number of anilines is 2. The molecule has 2 N–H and O–H groups in total. The van der Waals surface area contributed by atoms with Crippen LogP contribution >= 0.6 is 23.2 Å². The maximum atomic E-state index is 13.2. The standard InChI is InChI=1S/C27H29Cl2F5N4O4/c1-36(26(41)27(32,33)34)20-10-18(29)23(42-14-24(30)31)11-21(20)38-12-19(22(39)13-38)35-17-6-8-37(9-7-17)25(40)15-2-4-16(28)5-3-15/h2-5,10-11,17,19,22,24,35,39H,6-9,12-14H2,1H3. The van der Waals surface area contributed by atoms with Crippen LogP contribution in [-0.4, -0.2) is 92.4 Å². The van der Waals surface area contributed by atoms with Gasteiger partial charge in [0.15, 0.2) is 0 Å². The highest BCUT2D eigenvalue weighted by Crippen LogP contribution is 2.41. The first-order chi connectivity index (χ1) is 19.7. The van der Waals surface area contributed by atoms with Gasteiger partial charge in [-0.1, -0.05) is 23.2 Å². The molecular weight excluding hydrogens is 610 g/mol. The molecule has 42 heavy (non-hydrogen) atoms. The number of amides is 2. The van der Waals surface area contributed by atoms with Crippen molar-refractivity contribution in [3.8, 4) is 5.75 Å². The maximum Gasteiger partial charge on any atom is 0.471 e. The van der Waals surface area contributed by atoms with Crippen LogP contribution in [0, 0.1) is 0 Å². The van der Waals surface area contributed by atoms with Crippen molar-refractivity contribution in [2.75, 3.05) is 49.6 Å². The van der Waals surface area contributed by atoms with Crippen molar-refractivity contribution in [3.05, 3.63) is 52.0 Å². The van der Waals surface area contributed by atoms with Gasteiger partial charge in [-0.15, -0.1) is 0 Å². The topological polar surface area (TPSA) is 85.3 Å². The number of hydrogen-bond acceptors (Lipinski definition) is 6. The number of ether oxygens (including phenoxy) is 1. The quantitative estimate of drug-likeness (QED) is 0.411. The summed E-state index contributed by atoms with van der Waals surface area (Å²) in [7, 11) is 0.923. The predicted molar refractivity (Wildman–Crippen MR) is 148 cm³/mol. The molecule has 2 heterocycles. The molecule has 2 aromatic carbocycles. The van der Waals surface area contributed by atoms with E-state index < -0.39 is 37.3 Å². The molecule has 2 aromatic rings. The lowest BCUT2D eigenvalue weighted by atomic mass is 10.0. The van der Waals surface area contributed by atoms with Crippen molar-refractivity contribution in [1.82, 2.24) is 10.2 Å². The first-order valence-electron chi connectivity index (χ1n) is 13.1. The Morgan fingerprint density at radius 3 is 2.36 bits per heavy atom. The smallest absolute Gasteiger partial charge is 0.471 e. The fourth-order valence-corrected chi connectivity index (χ4v) is 5.43. The summed E-state index contributed by atoms with van der Waals surface area (Å²) in [5.74, 6) is -2.47. The minimum Gasteiger partial charge on any atom is -0.486 e. The number of nitrogens with one attached hydrogen (secondary N) is 1. The Labute approximate surface area is 248 Å². The predicted octanol–water partition coefficient (Wildman–Crippen LogP) is 4.61. The summed E-state index contributed by atoms with van der Waals surface area (Å²) in [5.41, 5.74) is 0.349. The molecule has 2 unspecified atom stereocenters. The number of carbonyl (C=O) groups is 2. The van der Waals surface area contributed by atoms with E-state index in [0.717, 1.165) is 13.1 Å². The van der Waals surface area contributed by atoms with E-state index >= 15 is 0 Å². The highest BCUT2D eigenvalue weighted by molar-refractivity contribution is 6.32. The van der Waals surface area contributed by atoms with Gasteiger partial charge in [0.25, 0.3) is 12.3 Å². The van der Waals surface area contributed by atoms with E-state index in [1.807, 2.05) is 0 Å². The summed E-state index contributed by atoms with van der Waals surface area (Å²) < 4.78 is 70.3. The zero-order valence-corrected chi connectivity index (χ0v) is 23.9. The monoisotopic (exact) mass is 638 g/mol. The first-order valence-corrected chi connectivity index (χ1v) is 13.8. The van der Waals surface area contributed by atoms with E-state index in [0.29, 0.717) is 41.4 Å². The van der Waals surface area contributed by atoms with Gasteiger partial charge in [-0.25, -0.2) is 8.78 Å². The lowest BCUT2D eigenvalue weighted by Crippen LogP contribution is -2.50. The number of carbonyl (C=O) groups excluding carboxylic acids is 2. The number of aliphatic hydroxyl groups excluding tert-OH is 1. The largest absolute Gasteiger partial charge is 0.486 e. The lowest BCUT2D eigenvalue weighted by molar-refractivity contribution is -0.170. The van der Waals surface area contributed by atoms with E-state index in [2.05, 4.69) is 5.32 Å². The van der Waals surface area contributed by atoms with Crippen LogP contribution in [0.1, 0.15) is 23.2 Å². The van der Waals surface area contributed by atoms with E-state index in [9.17, 15) is 36.6 Å². The van der Waals surface area contributed by atoms with Crippen molar-refractivity contribution >= 4 is 46.4 Å². The fraction of sp³-hybridized carbons (Fsp3) is 0.481.